The summed E-state index contributed by atoms with van der Waals surface area (Å²) in [6.45, 7) is 0. The van der Waals surface area contributed by atoms with Crippen LogP contribution in [0.3, 0.4) is 0 Å². The van der Waals surface area contributed by atoms with Crippen LogP contribution in [-0.2, 0) is 6.18 Å². The maximum atomic E-state index is 12.3. The fraction of sp³-hybridized carbons (Fsp3) is 0.125. The summed E-state index contributed by atoms with van der Waals surface area (Å²) in [5, 5.41) is 0. The van der Waals surface area contributed by atoms with Gasteiger partial charge in [-0.15, -0.1) is 0 Å². The Bertz CT molecular complexity index is 411. The second-order valence-electron chi connectivity index (χ2n) is 2.71. The third-order valence-electron chi connectivity index (χ3n) is 1.52. The Hall–Kier alpha value is -0.471. The first kappa shape index (κ1) is 13.6. The molecule has 16 heavy (non-hydrogen) atoms. The number of carbonyl (C=O) groups excluding carboxylic acids is 1. The zero-order chi connectivity index (χ0) is 12.3. The molecule has 0 bridgehead atoms. The topological polar surface area (TPSA) is 55.1 Å². The predicted molar refractivity (Wildman–Crippen MR) is 62.3 cm³/mol. The fourth-order valence-electron chi connectivity index (χ4n) is 0.865. The molecule has 0 aliphatic carbocycles. The van der Waals surface area contributed by atoms with Gasteiger partial charge in [-0.2, -0.15) is 0 Å². The monoisotopic (exact) mass is 410 g/mol. The maximum absolute atomic E-state index is 12.3. The summed E-state index contributed by atoms with van der Waals surface area (Å²) < 4.78 is 40.5. The van der Waals surface area contributed by atoms with Gasteiger partial charge in [0.2, 0.25) is 0 Å². The van der Waals surface area contributed by atoms with Gasteiger partial charge in [-0.1, -0.05) is 0 Å². The normalized spacial score (nSPS) is 11.2. The number of benzene rings is 1. The molecule has 0 aromatic heterocycles. The number of hydrogen-bond donors (Lipinski definition) is 2. The van der Waals surface area contributed by atoms with E-state index in [-0.39, 0.29) is 0 Å². The molecule has 8 heteroatoms. The van der Waals surface area contributed by atoms with Crippen LogP contribution in [0.5, 0.6) is 0 Å². The third-order valence-corrected chi connectivity index (χ3v) is 5.08. The SMILES string of the molecule is NC(=O)N[Se]c1ccc(C(F)(F)F)cc1I. The predicted octanol–water partition coefficient (Wildman–Crippen LogP) is 1.22. The third kappa shape index (κ3) is 3.84. The number of halogens is 4. The average Bonchev–Trinajstić information content (AvgIpc) is 2.14. The molecule has 3 nitrogen and oxygen atoms in total. The van der Waals surface area contributed by atoms with Crippen LogP contribution in [-0.4, -0.2) is 21.2 Å². The molecule has 0 spiro atoms. The van der Waals surface area contributed by atoms with E-state index in [0.29, 0.717) is 8.03 Å². The van der Waals surface area contributed by atoms with Crippen LogP contribution in [0.1, 0.15) is 5.56 Å². The number of nitrogens with one attached hydrogen (secondary N) is 1. The molecule has 0 heterocycles. The van der Waals surface area contributed by atoms with Gasteiger partial charge in [0.05, 0.1) is 0 Å². The number of alkyl halides is 3. The van der Waals surface area contributed by atoms with E-state index in [9.17, 15) is 18.0 Å². The standard InChI is InChI=1S/C8H6F3IN2OSe/c9-8(10,11)4-1-2-6(5(12)3-4)16-14-7(13)15/h1-3H,(H3,13,14,15). The molecule has 88 valence electrons. The van der Waals surface area contributed by atoms with Crippen molar-refractivity contribution in [2.75, 3.05) is 0 Å². The van der Waals surface area contributed by atoms with Gasteiger partial charge in [0.25, 0.3) is 0 Å². The molecule has 3 N–H and O–H groups in total. The average molecular weight is 409 g/mol. The van der Waals surface area contributed by atoms with E-state index in [0.717, 1.165) is 12.1 Å². The molecule has 2 amide bonds. The van der Waals surface area contributed by atoms with Gasteiger partial charge in [-0.25, -0.2) is 0 Å². The van der Waals surface area contributed by atoms with E-state index in [4.69, 9.17) is 5.73 Å². The van der Waals surface area contributed by atoms with Gasteiger partial charge in [0.1, 0.15) is 0 Å². The molecule has 0 radical (unpaired) electrons. The molecule has 0 unspecified atom stereocenters. The number of amides is 2. The van der Waals surface area contributed by atoms with Crippen LogP contribution >= 0.6 is 22.6 Å². The van der Waals surface area contributed by atoms with Crippen molar-refractivity contribution in [3.63, 3.8) is 0 Å². The van der Waals surface area contributed by atoms with Gasteiger partial charge >= 0.3 is 110 Å². The van der Waals surface area contributed by atoms with Crippen LogP contribution in [0.2, 0.25) is 0 Å². The fourth-order valence-corrected chi connectivity index (χ4v) is 3.01. The van der Waals surface area contributed by atoms with Crippen molar-refractivity contribution in [3.05, 3.63) is 27.3 Å². The van der Waals surface area contributed by atoms with Crippen molar-refractivity contribution in [2.45, 2.75) is 6.18 Å². The Labute approximate surface area is 109 Å². The first-order valence-corrected chi connectivity index (χ1v) is 6.69. The molecule has 0 fully saturated rings. The minimum atomic E-state index is -4.34. The summed E-state index contributed by atoms with van der Waals surface area (Å²) in [5.74, 6) is 0. The number of rotatable bonds is 2. The van der Waals surface area contributed by atoms with Crippen LogP contribution in [0.15, 0.2) is 18.2 Å². The van der Waals surface area contributed by atoms with Gasteiger partial charge < -0.3 is 0 Å². The summed E-state index contributed by atoms with van der Waals surface area (Å²) in [7, 11) is 0. The van der Waals surface area contributed by atoms with Crippen LogP contribution < -0.4 is 14.5 Å². The van der Waals surface area contributed by atoms with Crippen LogP contribution in [0.4, 0.5) is 18.0 Å². The van der Waals surface area contributed by atoms with Crippen LogP contribution in [0, 0.1) is 3.57 Å². The Morgan fingerprint density at radius 2 is 2.06 bits per heavy atom. The quantitative estimate of drug-likeness (QED) is 0.561. The Kier molecular flexibility index (Phi) is 4.45. The molecule has 0 aliphatic rings. The first-order valence-electron chi connectivity index (χ1n) is 3.90. The minimum absolute atomic E-state index is 0.452. The summed E-state index contributed by atoms with van der Waals surface area (Å²) in [6.07, 6.45) is -4.34. The Morgan fingerprint density at radius 3 is 2.50 bits per heavy atom. The molecule has 0 saturated carbocycles. The summed E-state index contributed by atoms with van der Waals surface area (Å²) in [4.78, 5) is 10.5. The zero-order valence-electron chi connectivity index (χ0n) is 7.64. The number of nitrogens with two attached hydrogens (primary N) is 1. The number of hydrogen-bond acceptors (Lipinski definition) is 1. The Balaban J connectivity index is 2.88. The van der Waals surface area contributed by atoms with Gasteiger partial charge in [0.15, 0.2) is 0 Å². The van der Waals surface area contributed by atoms with E-state index < -0.39 is 32.9 Å². The van der Waals surface area contributed by atoms with Crippen molar-refractivity contribution in [1.82, 2.24) is 4.33 Å². The summed E-state index contributed by atoms with van der Waals surface area (Å²) in [6, 6.07) is 2.69. The number of urea groups is 1. The van der Waals surface area contributed by atoms with Crippen molar-refractivity contribution < 1.29 is 18.0 Å². The molecule has 0 aliphatic heterocycles. The number of primary amides is 1. The molecule has 1 aromatic carbocycles. The van der Waals surface area contributed by atoms with Gasteiger partial charge in [0, 0.05) is 0 Å². The van der Waals surface area contributed by atoms with Crippen LogP contribution in [0.25, 0.3) is 0 Å². The molecular formula is C8H6F3IN2OSe. The van der Waals surface area contributed by atoms with Gasteiger partial charge in [-0.05, 0) is 0 Å². The summed E-state index contributed by atoms with van der Waals surface area (Å²) >= 11 is 1.34. The van der Waals surface area contributed by atoms with Crippen molar-refractivity contribution >= 4 is 48.3 Å². The first-order chi connectivity index (χ1) is 7.30. The van der Waals surface area contributed by atoms with Crippen molar-refractivity contribution in [2.24, 2.45) is 5.73 Å². The number of carbonyl (C=O) groups is 1. The second-order valence-corrected chi connectivity index (χ2v) is 5.65. The van der Waals surface area contributed by atoms with E-state index in [1.54, 1.807) is 22.6 Å². The summed E-state index contributed by atoms with van der Waals surface area (Å²) in [5.41, 5.74) is 4.17. The molecule has 0 atom stereocenters. The second kappa shape index (κ2) is 5.24. The van der Waals surface area contributed by atoms with E-state index in [1.165, 1.54) is 6.07 Å². The zero-order valence-corrected chi connectivity index (χ0v) is 11.5. The van der Waals surface area contributed by atoms with E-state index in [1.807, 2.05) is 0 Å². The molecule has 0 saturated heterocycles. The molecular weight excluding hydrogens is 403 g/mol. The van der Waals surface area contributed by atoms with Crippen molar-refractivity contribution in [1.29, 1.82) is 0 Å². The Morgan fingerprint density at radius 1 is 1.44 bits per heavy atom. The van der Waals surface area contributed by atoms with E-state index in [2.05, 4.69) is 4.33 Å². The van der Waals surface area contributed by atoms with E-state index >= 15 is 0 Å². The van der Waals surface area contributed by atoms with Crippen molar-refractivity contribution in [3.8, 4) is 0 Å². The molecule has 1 aromatic rings. The molecule has 1 rings (SSSR count). The van der Waals surface area contributed by atoms with Gasteiger partial charge in [-0.3, -0.25) is 0 Å².